The van der Waals surface area contributed by atoms with Gasteiger partial charge in [0.1, 0.15) is 18.3 Å². The summed E-state index contributed by atoms with van der Waals surface area (Å²) in [5.74, 6) is -2.01. The molecule has 2 saturated carbocycles. The highest BCUT2D eigenvalue weighted by Gasteiger charge is 2.67. The lowest BCUT2D eigenvalue weighted by Gasteiger charge is -2.44. The van der Waals surface area contributed by atoms with Gasteiger partial charge in [0.2, 0.25) is 0 Å². The fourth-order valence-electron chi connectivity index (χ4n) is 7.38. The molecule has 1 N–H and O–H groups in total. The maximum Gasteiger partial charge on any atom is 0.311 e. The van der Waals surface area contributed by atoms with Crippen molar-refractivity contribution in [3.05, 3.63) is 0 Å². The number of esters is 3. The van der Waals surface area contributed by atoms with Crippen LogP contribution in [0, 0.1) is 29.1 Å². The molecule has 0 unspecified atom stereocenters. The molecule has 4 rings (SSSR count). The molecule has 2 saturated heterocycles. The molecule has 2 aliphatic heterocycles. The van der Waals surface area contributed by atoms with Crippen LogP contribution in [0.15, 0.2) is 0 Å². The van der Waals surface area contributed by atoms with Crippen LogP contribution in [0.25, 0.3) is 0 Å². The Labute approximate surface area is 196 Å². The third-order valence-electron chi connectivity index (χ3n) is 8.70. The highest BCUT2D eigenvalue weighted by atomic mass is 16.6. The summed E-state index contributed by atoms with van der Waals surface area (Å²) in [6, 6.07) is 0. The molecule has 9 atom stereocenters. The van der Waals surface area contributed by atoms with Crippen molar-refractivity contribution in [3.8, 4) is 0 Å². The van der Waals surface area contributed by atoms with Gasteiger partial charge in [0, 0.05) is 44.1 Å². The summed E-state index contributed by atoms with van der Waals surface area (Å²) in [7, 11) is 0. The normalized spacial score (nSPS) is 43.6. The average molecular weight is 466 g/mol. The first-order valence-corrected chi connectivity index (χ1v) is 12.6. The summed E-state index contributed by atoms with van der Waals surface area (Å²) in [4.78, 5) is 39.6. The van der Waals surface area contributed by atoms with Crippen molar-refractivity contribution >= 4 is 17.9 Å². The molecule has 4 aliphatic rings. The summed E-state index contributed by atoms with van der Waals surface area (Å²) in [6.07, 6.45) is 3.15. The molecule has 0 radical (unpaired) electrons. The van der Waals surface area contributed by atoms with Crippen LogP contribution in [0.1, 0.15) is 66.2 Å². The first-order valence-electron chi connectivity index (χ1n) is 12.6. The molecule has 0 amide bonds. The van der Waals surface area contributed by atoms with Crippen molar-refractivity contribution in [3.63, 3.8) is 0 Å². The minimum Gasteiger partial charge on any atom is -0.462 e. The standard InChI is InChI=1S/C25H39NO7/c1-14-11-18-21(17(24(30)33-18)13-26-9-7-5-6-8-10-26)23(32-16(3)28)25(4)20(29)12-19(22(14)25)31-15(2)27/h14,17-23,29H,5-13H2,1-4H3/t14-,17-,18+,19+,20+,21-,22+,23+,25-/m1/s1. The lowest BCUT2D eigenvalue weighted by atomic mass is 9.66. The predicted molar refractivity (Wildman–Crippen MR) is 119 cm³/mol. The Kier molecular flexibility index (Phi) is 7.06. The quantitative estimate of drug-likeness (QED) is 0.499. The van der Waals surface area contributed by atoms with Crippen molar-refractivity contribution in [2.75, 3.05) is 19.6 Å². The zero-order chi connectivity index (χ0) is 23.9. The molecule has 0 aromatic rings. The van der Waals surface area contributed by atoms with Crippen LogP contribution in [-0.4, -0.2) is 72.0 Å². The van der Waals surface area contributed by atoms with E-state index >= 15 is 0 Å². The summed E-state index contributed by atoms with van der Waals surface area (Å²) < 4.78 is 17.6. The van der Waals surface area contributed by atoms with Crippen molar-refractivity contribution in [1.82, 2.24) is 4.90 Å². The third-order valence-corrected chi connectivity index (χ3v) is 8.70. The second-order valence-corrected chi connectivity index (χ2v) is 10.9. The van der Waals surface area contributed by atoms with Crippen LogP contribution in [0.4, 0.5) is 0 Å². The molecule has 33 heavy (non-hydrogen) atoms. The molecule has 0 spiro atoms. The molecule has 0 bridgehead atoms. The minimum atomic E-state index is -0.852. The van der Waals surface area contributed by atoms with Crippen molar-refractivity contribution < 1.29 is 33.7 Å². The first-order chi connectivity index (χ1) is 15.6. The van der Waals surface area contributed by atoms with Crippen LogP contribution in [-0.2, 0) is 28.6 Å². The molecule has 2 aliphatic carbocycles. The van der Waals surface area contributed by atoms with E-state index in [1.54, 1.807) is 0 Å². The minimum absolute atomic E-state index is 0.00861. The number of likely N-dealkylation sites (tertiary alicyclic amines) is 1. The number of aliphatic hydroxyl groups excluding tert-OH is 1. The first kappa shape index (κ1) is 24.5. The van der Waals surface area contributed by atoms with E-state index in [1.807, 2.05) is 6.92 Å². The van der Waals surface area contributed by atoms with E-state index in [4.69, 9.17) is 14.2 Å². The highest BCUT2D eigenvalue weighted by Crippen LogP contribution is 2.59. The van der Waals surface area contributed by atoms with Gasteiger partial charge in [0.15, 0.2) is 0 Å². The van der Waals surface area contributed by atoms with E-state index in [0.717, 1.165) is 25.9 Å². The number of fused-ring (bicyclic) bond motifs is 2. The number of hydrogen-bond donors (Lipinski definition) is 1. The van der Waals surface area contributed by atoms with Gasteiger partial charge in [0.25, 0.3) is 0 Å². The Morgan fingerprint density at radius 1 is 1.09 bits per heavy atom. The largest absolute Gasteiger partial charge is 0.462 e. The number of carbonyl (C=O) groups is 3. The number of aliphatic hydroxyl groups is 1. The molecular weight excluding hydrogens is 426 g/mol. The Morgan fingerprint density at radius 3 is 2.33 bits per heavy atom. The molecule has 8 nitrogen and oxygen atoms in total. The molecule has 186 valence electrons. The smallest absolute Gasteiger partial charge is 0.311 e. The molecule has 0 aromatic heterocycles. The van der Waals surface area contributed by atoms with E-state index in [-0.39, 0.29) is 35.8 Å². The van der Waals surface area contributed by atoms with E-state index < -0.39 is 35.6 Å². The molecular formula is C25H39NO7. The number of hydrogen-bond acceptors (Lipinski definition) is 8. The van der Waals surface area contributed by atoms with Crippen LogP contribution >= 0.6 is 0 Å². The van der Waals surface area contributed by atoms with E-state index in [9.17, 15) is 19.5 Å². The Balaban J connectivity index is 1.71. The summed E-state index contributed by atoms with van der Waals surface area (Å²) in [5, 5.41) is 11.3. The molecule has 4 fully saturated rings. The Morgan fingerprint density at radius 2 is 1.73 bits per heavy atom. The van der Waals surface area contributed by atoms with E-state index in [0.29, 0.717) is 19.4 Å². The van der Waals surface area contributed by atoms with Gasteiger partial charge >= 0.3 is 17.9 Å². The van der Waals surface area contributed by atoms with Gasteiger partial charge in [0.05, 0.1) is 12.0 Å². The van der Waals surface area contributed by atoms with Crippen LogP contribution in [0.5, 0.6) is 0 Å². The number of rotatable bonds is 4. The van der Waals surface area contributed by atoms with Gasteiger partial charge in [-0.05, 0) is 38.3 Å². The Hall–Kier alpha value is -1.67. The molecule has 8 heteroatoms. The second-order valence-electron chi connectivity index (χ2n) is 10.9. The van der Waals surface area contributed by atoms with Gasteiger partial charge in [-0.25, -0.2) is 0 Å². The summed E-state index contributed by atoms with van der Waals surface area (Å²) >= 11 is 0. The zero-order valence-corrected chi connectivity index (χ0v) is 20.3. The third kappa shape index (κ3) is 4.53. The second kappa shape index (κ2) is 9.53. The van der Waals surface area contributed by atoms with Crippen LogP contribution in [0.2, 0.25) is 0 Å². The van der Waals surface area contributed by atoms with Gasteiger partial charge in [-0.15, -0.1) is 0 Å². The van der Waals surface area contributed by atoms with Crippen molar-refractivity contribution in [2.45, 2.75) is 90.6 Å². The molecule has 0 aromatic carbocycles. The maximum absolute atomic E-state index is 13.1. The summed E-state index contributed by atoms with van der Waals surface area (Å²) in [6.45, 7) is 9.22. The van der Waals surface area contributed by atoms with E-state index in [1.165, 1.54) is 26.7 Å². The van der Waals surface area contributed by atoms with E-state index in [2.05, 4.69) is 11.8 Å². The van der Waals surface area contributed by atoms with Gasteiger partial charge in [-0.3, -0.25) is 14.4 Å². The average Bonchev–Trinajstić information content (AvgIpc) is 2.97. The SMILES string of the molecule is CC(=O)O[C@H]1C[C@H](O)[C@]2(C)[C@H]1[C@H](C)C[C@@H]1OC(=O)[C@H](CN3CCCCCC3)[C@H]1[C@@H]2OC(C)=O. The number of nitrogens with zero attached hydrogens (tertiary/aromatic N) is 1. The highest BCUT2D eigenvalue weighted by molar-refractivity contribution is 5.76. The molecule has 2 heterocycles. The number of ether oxygens (including phenoxy) is 3. The Bertz CT molecular complexity index is 764. The van der Waals surface area contributed by atoms with Gasteiger partial charge in [-0.2, -0.15) is 0 Å². The van der Waals surface area contributed by atoms with Gasteiger partial charge < -0.3 is 24.2 Å². The number of carbonyl (C=O) groups excluding carboxylic acids is 3. The van der Waals surface area contributed by atoms with Crippen LogP contribution in [0.3, 0.4) is 0 Å². The fourth-order valence-corrected chi connectivity index (χ4v) is 7.38. The predicted octanol–water partition coefficient (Wildman–Crippen LogP) is 2.31. The fraction of sp³-hybridized carbons (Fsp3) is 0.880. The van der Waals surface area contributed by atoms with Crippen molar-refractivity contribution in [2.24, 2.45) is 29.1 Å². The topological polar surface area (TPSA) is 102 Å². The van der Waals surface area contributed by atoms with Crippen molar-refractivity contribution in [1.29, 1.82) is 0 Å². The van der Waals surface area contributed by atoms with Crippen LogP contribution < -0.4 is 0 Å². The lowest BCUT2D eigenvalue weighted by molar-refractivity contribution is -0.174. The lowest BCUT2D eigenvalue weighted by Crippen LogP contribution is -2.53. The zero-order valence-electron chi connectivity index (χ0n) is 20.3. The monoisotopic (exact) mass is 465 g/mol. The maximum atomic E-state index is 13.1. The summed E-state index contributed by atoms with van der Waals surface area (Å²) in [5.41, 5.74) is -0.852. The van der Waals surface area contributed by atoms with Gasteiger partial charge in [-0.1, -0.05) is 26.7 Å².